The molecule has 0 spiro atoms. The summed E-state index contributed by atoms with van der Waals surface area (Å²) in [4.78, 5) is 18.7. The van der Waals surface area contributed by atoms with Gasteiger partial charge in [-0.3, -0.25) is 4.79 Å². The van der Waals surface area contributed by atoms with Crippen molar-refractivity contribution in [3.63, 3.8) is 0 Å². The summed E-state index contributed by atoms with van der Waals surface area (Å²) in [5, 5.41) is 7.01. The number of carbonyl (C=O) groups excluding carboxylic acids is 1. The highest BCUT2D eigenvalue weighted by Crippen LogP contribution is 2.19. The summed E-state index contributed by atoms with van der Waals surface area (Å²) in [5.74, 6) is 1.40. The second-order valence-corrected chi connectivity index (χ2v) is 10.3. The van der Waals surface area contributed by atoms with Crippen LogP contribution in [0.25, 0.3) is 0 Å². The Kier molecular flexibility index (Phi) is 8.25. The molecule has 1 aromatic carbocycles. The molecular weight excluding hydrogens is 408 g/mol. The fourth-order valence-corrected chi connectivity index (χ4v) is 4.98. The number of benzene rings is 1. The van der Waals surface area contributed by atoms with Crippen LogP contribution >= 0.6 is 23.4 Å². The summed E-state index contributed by atoms with van der Waals surface area (Å²) in [6.07, 6.45) is 0.546. The van der Waals surface area contributed by atoms with Gasteiger partial charge in [0.25, 0.3) is 0 Å². The van der Waals surface area contributed by atoms with E-state index in [1.54, 1.807) is 25.9 Å². The standard InChI is InChI=1S/C17H25ClN4O3S2/c1-22(2)16(23)11-20-17(21-14-7-10-27(24,25)12-14)19-8-9-26-15-5-3-13(18)4-6-15/h3-6,14H,7-12H2,1-2H3,(H2,19,20,21). The van der Waals surface area contributed by atoms with Crippen LogP contribution in [0.4, 0.5) is 0 Å². The Morgan fingerprint density at radius 2 is 2.04 bits per heavy atom. The van der Waals surface area contributed by atoms with Crippen LogP contribution in [0.5, 0.6) is 0 Å². The molecule has 0 aromatic heterocycles. The highest BCUT2D eigenvalue weighted by molar-refractivity contribution is 7.99. The lowest BCUT2D eigenvalue weighted by molar-refractivity contribution is -0.127. The van der Waals surface area contributed by atoms with Crippen LogP contribution in [-0.4, -0.2) is 75.7 Å². The summed E-state index contributed by atoms with van der Waals surface area (Å²) < 4.78 is 23.3. The molecule has 27 heavy (non-hydrogen) atoms. The molecule has 0 saturated carbocycles. The normalized spacial score (nSPS) is 18.9. The zero-order valence-corrected chi connectivity index (χ0v) is 17.8. The first-order valence-electron chi connectivity index (χ1n) is 8.59. The van der Waals surface area contributed by atoms with E-state index in [0.29, 0.717) is 23.9 Å². The molecule has 10 heteroatoms. The minimum atomic E-state index is -2.99. The molecule has 1 fully saturated rings. The Morgan fingerprint density at radius 3 is 2.63 bits per heavy atom. The third-order valence-corrected chi connectivity index (χ3v) is 6.96. The molecule has 2 rings (SSSR count). The van der Waals surface area contributed by atoms with Gasteiger partial charge in [0.05, 0.1) is 11.5 Å². The highest BCUT2D eigenvalue weighted by Gasteiger charge is 2.28. The Labute approximate surface area is 169 Å². The molecule has 0 radical (unpaired) electrons. The number of rotatable bonds is 7. The number of guanidine groups is 1. The summed E-state index contributed by atoms with van der Waals surface area (Å²) in [5.41, 5.74) is 0. The zero-order chi connectivity index (χ0) is 19.9. The maximum atomic E-state index is 11.8. The van der Waals surface area contributed by atoms with Crippen LogP contribution in [0.1, 0.15) is 6.42 Å². The van der Waals surface area contributed by atoms with E-state index in [9.17, 15) is 13.2 Å². The Bertz CT molecular complexity index is 767. The molecule has 0 aliphatic carbocycles. The zero-order valence-electron chi connectivity index (χ0n) is 15.4. The lowest BCUT2D eigenvalue weighted by Gasteiger charge is -2.17. The molecular formula is C17H25ClN4O3S2. The topological polar surface area (TPSA) is 90.9 Å². The summed E-state index contributed by atoms with van der Waals surface area (Å²) >= 11 is 7.55. The number of nitrogens with one attached hydrogen (secondary N) is 2. The van der Waals surface area contributed by atoms with Crippen molar-refractivity contribution in [2.45, 2.75) is 17.4 Å². The number of nitrogens with zero attached hydrogens (tertiary/aromatic N) is 2. The largest absolute Gasteiger partial charge is 0.356 e. The predicted octanol–water partition coefficient (Wildman–Crippen LogP) is 1.24. The number of likely N-dealkylation sites (N-methyl/N-ethyl adjacent to an activating group) is 1. The molecule has 1 aliphatic heterocycles. The van der Waals surface area contributed by atoms with Crippen molar-refractivity contribution in [1.82, 2.24) is 15.5 Å². The third kappa shape index (κ3) is 7.98. The first-order chi connectivity index (χ1) is 12.7. The van der Waals surface area contributed by atoms with Gasteiger partial charge >= 0.3 is 0 Å². The van der Waals surface area contributed by atoms with E-state index in [2.05, 4.69) is 15.6 Å². The molecule has 2 N–H and O–H groups in total. The second-order valence-electron chi connectivity index (χ2n) is 6.43. The Balaban J connectivity index is 1.87. The Hall–Kier alpha value is -1.45. The van der Waals surface area contributed by atoms with Crippen molar-refractivity contribution >= 4 is 45.1 Å². The average molecular weight is 433 g/mol. The lowest BCUT2D eigenvalue weighted by Crippen LogP contribution is -2.45. The van der Waals surface area contributed by atoms with Crippen molar-refractivity contribution in [3.05, 3.63) is 29.3 Å². The van der Waals surface area contributed by atoms with E-state index >= 15 is 0 Å². The maximum absolute atomic E-state index is 11.8. The van der Waals surface area contributed by atoms with Gasteiger partial charge in [-0.2, -0.15) is 0 Å². The van der Waals surface area contributed by atoms with Gasteiger partial charge in [0, 0.05) is 42.4 Å². The van der Waals surface area contributed by atoms with Crippen LogP contribution in [-0.2, 0) is 14.6 Å². The van der Waals surface area contributed by atoms with Crippen molar-refractivity contribution in [2.75, 3.05) is 44.4 Å². The SMILES string of the molecule is CN(C)C(=O)CN=C(NCCSc1ccc(Cl)cc1)NC1CCS(=O)(=O)C1. The molecule has 150 valence electrons. The number of hydrogen-bond acceptors (Lipinski definition) is 5. The fourth-order valence-electron chi connectivity index (χ4n) is 2.41. The molecule has 1 atom stereocenters. The van der Waals surface area contributed by atoms with Crippen LogP contribution in [0.15, 0.2) is 34.2 Å². The fraction of sp³-hybridized carbons (Fsp3) is 0.529. The minimum Gasteiger partial charge on any atom is -0.356 e. The smallest absolute Gasteiger partial charge is 0.243 e. The lowest BCUT2D eigenvalue weighted by atomic mass is 10.3. The number of hydrogen-bond donors (Lipinski definition) is 2. The van der Waals surface area contributed by atoms with E-state index in [4.69, 9.17) is 11.6 Å². The van der Waals surface area contributed by atoms with E-state index in [-0.39, 0.29) is 30.0 Å². The van der Waals surface area contributed by atoms with Crippen molar-refractivity contribution < 1.29 is 13.2 Å². The quantitative estimate of drug-likeness (QED) is 0.291. The summed E-state index contributed by atoms with van der Waals surface area (Å²) in [6, 6.07) is 7.43. The van der Waals surface area contributed by atoms with E-state index in [0.717, 1.165) is 10.6 Å². The maximum Gasteiger partial charge on any atom is 0.243 e. The first-order valence-corrected chi connectivity index (χ1v) is 11.8. The van der Waals surface area contributed by atoms with Crippen molar-refractivity contribution in [3.8, 4) is 0 Å². The van der Waals surface area contributed by atoms with Gasteiger partial charge in [0.2, 0.25) is 5.91 Å². The van der Waals surface area contributed by atoms with Gasteiger partial charge in [-0.1, -0.05) is 11.6 Å². The molecule has 7 nitrogen and oxygen atoms in total. The van der Waals surface area contributed by atoms with Crippen LogP contribution in [0, 0.1) is 0 Å². The Morgan fingerprint density at radius 1 is 1.33 bits per heavy atom. The van der Waals surface area contributed by atoms with Crippen molar-refractivity contribution in [2.24, 2.45) is 4.99 Å². The van der Waals surface area contributed by atoms with Crippen molar-refractivity contribution in [1.29, 1.82) is 0 Å². The summed E-state index contributed by atoms with van der Waals surface area (Å²) in [7, 11) is 0.357. The van der Waals surface area contributed by atoms with Gasteiger partial charge in [-0.25, -0.2) is 13.4 Å². The number of amides is 1. The van der Waals surface area contributed by atoms with Gasteiger partial charge in [0.1, 0.15) is 6.54 Å². The molecule has 1 unspecified atom stereocenters. The number of aliphatic imine (C=N–C) groups is 1. The number of carbonyl (C=O) groups is 1. The van der Waals surface area contributed by atoms with Crippen LogP contribution in [0.3, 0.4) is 0 Å². The minimum absolute atomic E-state index is 0.00608. The monoisotopic (exact) mass is 432 g/mol. The highest BCUT2D eigenvalue weighted by atomic mass is 35.5. The molecule has 1 aromatic rings. The predicted molar refractivity (Wildman–Crippen MR) is 111 cm³/mol. The molecule has 1 heterocycles. The first kappa shape index (κ1) is 21.8. The van der Waals surface area contributed by atoms with E-state index < -0.39 is 9.84 Å². The number of thioether (sulfide) groups is 1. The van der Waals surface area contributed by atoms with Crippen LogP contribution < -0.4 is 10.6 Å². The van der Waals surface area contributed by atoms with Gasteiger partial charge < -0.3 is 15.5 Å². The second kappa shape index (κ2) is 10.2. The molecule has 0 bridgehead atoms. The number of sulfone groups is 1. The third-order valence-electron chi connectivity index (χ3n) is 3.92. The average Bonchev–Trinajstić information content (AvgIpc) is 2.95. The van der Waals surface area contributed by atoms with E-state index in [1.807, 2.05) is 24.3 Å². The number of halogens is 1. The van der Waals surface area contributed by atoms with E-state index in [1.165, 1.54) is 4.90 Å². The van der Waals surface area contributed by atoms with Gasteiger partial charge in [-0.15, -0.1) is 11.8 Å². The van der Waals surface area contributed by atoms with Crippen LogP contribution in [0.2, 0.25) is 5.02 Å². The molecule has 1 aliphatic rings. The molecule has 1 amide bonds. The molecule has 1 saturated heterocycles. The van der Waals surface area contributed by atoms with Gasteiger partial charge in [-0.05, 0) is 30.7 Å². The van der Waals surface area contributed by atoms with Gasteiger partial charge in [0.15, 0.2) is 15.8 Å². The summed E-state index contributed by atoms with van der Waals surface area (Å²) in [6.45, 7) is 0.626.